The minimum Gasteiger partial charge on any atom is -0.480 e. The number of amides is 1. The maximum absolute atomic E-state index is 13.4. The van der Waals surface area contributed by atoms with Gasteiger partial charge in [-0.2, -0.15) is 0 Å². The minimum absolute atomic E-state index is 0.0419. The number of para-hydroxylation sites is 1. The Kier molecular flexibility index (Phi) is 4.86. The van der Waals surface area contributed by atoms with Crippen molar-refractivity contribution in [2.75, 3.05) is 7.05 Å². The van der Waals surface area contributed by atoms with Crippen LogP contribution in [0.5, 0.6) is 5.75 Å². The summed E-state index contributed by atoms with van der Waals surface area (Å²) < 4.78 is 18.6. The molecular formula is C13H16FNO4. The van der Waals surface area contributed by atoms with Crippen molar-refractivity contribution in [3.05, 3.63) is 30.1 Å². The lowest BCUT2D eigenvalue weighted by atomic mass is 10.2. The Morgan fingerprint density at radius 3 is 2.42 bits per heavy atom. The molecule has 1 aromatic rings. The fourth-order valence-electron chi connectivity index (χ4n) is 1.42. The third-order valence-electron chi connectivity index (χ3n) is 2.77. The van der Waals surface area contributed by atoms with Gasteiger partial charge in [0, 0.05) is 7.05 Å². The van der Waals surface area contributed by atoms with Crippen LogP contribution in [0.15, 0.2) is 24.3 Å². The van der Waals surface area contributed by atoms with E-state index >= 15 is 0 Å². The molecule has 0 bridgehead atoms. The van der Waals surface area contributed by atoms with Crippen LogP contribution >= 0.6 is 0 Å². The largest absolute Gasteiger partial charge is 0.480 e. The maximum Gasteiger partial charge on any atom is 0.326 e. The van der Waals surface area contributed by atoms with Gasteiger partial charge >= 0.3 is 5.97 Å². The van der Waals surface area contributed by atoms with Crippen molar-refractivity contribution in [3.8, 4) is 5.75 Å². The summed E-state index contributed by atoms with van der Waals surface area (Å²) in [5.41, 5.74) is 0. The minimum atomic E-state index is -1.12. The number of carbonyl (C=O) groups is 2. The molecule has 0 heterocycles. The Balaban J connectivity index is 2.73. The third kappa shape index (κ3) is 3.67. The van der Waals surface area contributed by atoms with Crippen LogP contribution in [0.2, 0.25) is 0 Å². The Morgan fingerprint density at radius 1 is 1.32 bits per heavy atom. The smallest absolute Gasteiger partial charge is 0.326 e. The number of carboxylic acids is 1. The lowest BCUT2D eigenvalue weighted by molar-refractivity contribution is -0.150. The van der Waals surface area contributed by atoms with E-state index in [1.807, 2.05) is 0 Å². The molecule has 0 aliphatic rings. The number of ether oxygens (including phenoxy) is 1. The highest BCUT2D eigenvalue weighted by atomic mass is 19.1. The molecule has 0 radical (unpaired) electrons. The molecule has 0 saturated heterocycles. The van der Waals surface area contributed by atoms with Gasteiger partial charge in [-0.25, -0.2) is 9.18 Å². The number of hydrogen-bond donors (Lipinski definition) is 1. The lowest BCUT2D eigenvalue weighted by Crippen LogP contribution is -2.46. The fraction of sp³-hybridized carbons (Fsp3) is 0.385. The van der Waals surface area contributed by atoms with Gasteiger partial charge in [0.15, 0.2) is 17.7 Å². The molecule has 0 aliphatic carbocycles. The van der Waals surface area contributed by atoms with Gasteiger partial charge in [-0.15, -0.1) is 0 Å². The van der Waals surface area contributed by atoms with Gasteiger partial charge in [0.05, 0.1) is 0 Å². The molecule has 1 N–H and O–H groups in total. The van der Waals surface area contributed by atoms with E-state index in [1.54, 1.807) is 6.07 Å². The van der Waals surface area contributed by atoms with Crippen molar-refractivity contribution in [3.63, 3.8) is 0 Å². The number of rotatable bonds is 5. The summed E-state index contributed by atoms with van der Waals surface area (Å²) in [7, 11) is 1.36. The topological polar surface area (TPSA) is 66.8 Å². The van der Waals surface area contributed by atoms with Gasteiger partial charge in [0.25, 0.3) is 5.91 Å². The lowest BCUT2D eigenvalue weighted by Gasteiger charge is -2.25. The number of likely N-dealkylation sites (N-methyl/N-ethyl adjacent to an activating group) is 1. The predicted molar refractivity (Wildman–Crippen MR) is 66.4 cm³/mol. The van der Waals surface area contributed by atoms with Gasteiger partial charge in [0.2, 0.25) is 0 Å². The Morgan fingerprint density at radius 2 is 1.89 bits per heavy atom. The van der Waals surface area contributed by atoms with E-state index in [0.29, 0.717) is 0 Å². The average molecular weight is 269 g/mol. The molecule has 5 nitrogen and oxygen atoms in total. The van der Waals surface area contributed by atoms with E-state index in [1.165, 1.54) is 39.1 Å². The first-order valence-electron chi connectivity index (χ1n) is 5.75. The second kappa shape index (κ2) is 6.17. The van der Waals surface area contributed by atoms with Crippen molar-refractivity contribution < 1.29 is 23.8 Å². The number of nitrogens with zero attached hydrogens (tertiary/aromatic N) is 1. The van der Waals surface area contributed by atoms with E-state index in [-0.39, 0.29) is 5.75 Å². The normalized spacial score (nSPS) is 13.5. The molecule has 1 rings (SSSR count). The zero-order valence-corrected chi connectivity index (χ0v) is 11.0. The number of carboxylic acid groups (broad SMARTS) is 1. The van der Waals surface area contributed by atoms with Gasteiger partial charge in [-0.05, 0) is 26.0 Å². The van der Waals surface area contributed by atoms with E-state index in [4.69, 9.17) is 9.84 Å². The molecule has 0 saturated carbocycles. The van der Waals surface area contributed by atoms with Gasteiger partial charge in [0.1, 0.15) is 6.04 Å². The molecule has 0 aromatic heterocycles. The second-order valence-electron chi connectivity index (χ2n) is 4.15. The van der Waals surface area contributed by atoms with Gasteiger partial charge < -0.3 is 14.7 Å². The van der Waals surface area contributed by atoms with Crippen LogP contribution in [0.25, 0.3) is 0 Å². The quantitative estimate of drug-likeness (QED) is 0.880. The highest BCUT2D eigenvalue weighted by Gasteiger charge is 2.27. The van der Waals surface area contributed by atoms with Gasteiger partial charge in [-0.3, -0.25) is 4.79 Å². The van der Waals surface area contributed by atoms with Crippen molar-refractivity contribution in [2.45, 2.75) is 26.0 Å². The first-order valence-corrected chi connectivity index (χ1v) is 5.75. The van der Waals surface area contributed by atoms with Crippen LogP contribution in [-0.2, 0) is 9.59 Å². The SMILES string of the molecule is CC(Oc1ccccc1F)C(=O)N(C)C(C)C(=O)O. The first-order chi connectivity index (χ1) is 8.84. The number of halogens is 1. The maximum atomic E-state index is 13.4. The highest BCUT2D eigenvalue weighted by Crippen LogP contribution is 2.17. The van der Waals surface area contributed by atoms with Gasteiger partial charge in [-0.1, -0.05) is 12.1 Å². The molecule has 0 fully saturated rings. The van der Waals surface area contributed by atoms with Crippen LogP contribution in [0.1, 0.15) is 13.8 Å². The van der Waals surface area contributed by atoms with Crippen LogP contribution in [0, 0.1) is 5.82 Å². The second-order valence-corrected chi connectivity index (χ2v) is 4.15. The summed E-state index contributed by atoms with van der Waals surface area (Å²) in [5.74, 6) is -2.26. The Bertz CT molecular complexity index is 477. The van der Waals surface area contributed by atoms with Crippen molar-refractivity contribution in [1.82, 2.24) is 4.90 Å². The molecule has 104 valence electrons. The van der Waals surface area contributed by atoms with E-state index in [9.17, 15) is 14.0 Å². The molecule has 2 atom stereocenters. The summed E-state index contributed by atoms with van der Waals surface area (Å²) in [4.78, 5) is 23.8. The zero-order valence-electron chi connectivity index (χ0n) is 11.0. The summed E-state index contributed by atoms with van der Waals surface area (Å²) in [6.07, 6.45) is -0.969. The standard InChI is InChI=1S/C13H16FNO4/c1-8(13(17)18)15(3)12(16)9(2)19-11-7-5-4-6-10(11)14/h4-9H,1-3H3,(H,17,18). The molecule has 2 unspecified atom stereocenters. The molecule has 19 heavy (non-hydrogen) atoms. The monoisotopic (exact) mass is 269 g/mol. The molecule has 0 spiro atoms. The van der Waals surface area contributed by atoms with Crippen molar-refractivity contribution >= 4 is 11.9 Å². The summed E-state index contributed by atoms with van der Waals surface area (Å²) >= 11 is 0. The van der Waals surface area contributed by atoms with Crippen LogP contribution < -0.4 is 4.74 Å². The first kappa shape index (κ1) is 14.9. The molecule has 0 aliphatic heterocycles. The predicted octanol–water partition coefficient (Wildman–Crippen LogP) is 1.52. The molecular weight excluding hydrogens is 253 g/mol. The highest BCUT2D eigenvalue weighted by molar-refractivity contribution is 5.85. The summed E-state index contributed by atoms with van der Waals surface area (Å²) in [5, 5.41) is 8.82. The van der Waals surface area contributed by atoms with Crippen LogP contribution in [0.4, 0.5) is 4.39 Å². The van der Waals surface area contributed by atoms with Crippen LogP contribution in [0.3, 0.4) is 0 Å². The Labute approximate surface area is 110 Å². The molecule has 1 aromatic carbocycles. The zero-order chi connectivity index (χ0) is 14.6. The third-order valence-corrected chi connectivity index (χ3v) is 2.77. The van der Waals surface area contributed by atoms with Crippen LogP contribution in [-0.4, -0.2) is 41.1 Å². The number of aliphatic carboxylic acids is 1. The molecule has 1 amide bonds. The summed E-state index contributed by atoms with van der Waals surface area (Å²) in [6.45, 7) is 2.83. The molecule has 6 heteroatoms. The van der Waals surface area contributed by atoms with E-state index < -0.39 is 29.8 Å². The van der Waals surface area contributed by atoms with E-state index in [0.717, 1.165) is 4.90 Å². The summed E-state index contributed by atoms with van der Waals surface area (Å²) in [6, 6.07) is 4.74. The Hall–Kier alpha value is -2.11. The van der Waals surface area contributed by atoms with E-state index in [2.05, 4.69) is 0 Å². The number of carbonyl (C=O) groups excluding carboxylic acids is 1. The fourth-order valence-corrected chi connectivity index (χ4v) is 1.42. The average Bonchev–Trinajstić information content (AvgIpc) is 2.38. The number of benzene rings is 1. The number of hydrogen-bond acceptors (Lipinski definition) is 3. The van der Waals surface area contributed by atoms with Crippen molar-refractivity contribution in [1.29, 1.82) is 0 Å². The van der Waals surface area contributed by atoms with Crippen molar-refractivity contribution in [2.24, 2.45) is 0 Å².